The van der Waals surface area contributed by atoms with Crippen LogP contribution in [0.15, 0.2) is 0 Å². The molecular formula is C9H19NO5S. The molecule has 3 N–H and O–H groups in total. The fourth-order valence-corrected chi connectivity index (χ4v) is 2.31. The van der Waals surface area contributed by atoms with Crippen molar-refractivity contribution in [2.24, 2.45) is 5.92 Å². The molecule has 1 unspecified atom stereocenters. The van der Waals surface area contributed by atoms with Crippen molar-refractivity contribution in [1.82, 2.24) is 4.72 Å². The second kappa shape index (κ2) is 7.59. The lowest BCUT2D eigenvalue weighted by Crippen LogP contribution is -2.34. The van der Waals surface area contributed by atoms with E-state index in [9.17, 15) is 13.2 Å². The zero-order valence-corrected chi connectivity index (χ0v) is 10.2. The van der Waals surface area contributed by atoms with Gasteiger partial charge in [0.1, 0.15) is 0 Å². The second-order valence-corrected chi connectivity index (χ2v) is 5.48. The number of aliphatic hydroxyl groups is 1. The van der Waals surface area contributed by atoms with E-state index < -0.39 is 21.7 Å². The molecule has 0 rings (SSSR count). The Bertz CT molecular complexity index is 295. The molecule has 0 saturated heterocycles. The fraction of sp³-hybridized carbons (Fsp3) is 0.889. The van der Waals surface area contributed by atoms with Gasteiger partial charge in [-0.05, 0) is 18.8 Å². The molecule has 0 bridgehead atoms. The number of carboxylic acid groups (broad SMARTS) is 1. The Morgan fingerprint density at radius 2 is 2.00 bits per heavy atom. The first-order valence-corrected chi connectivity index (χ1v) is 6.86. The molecule has 0 aliphatic carbocycles. The van der Waals surface area contributed by atoms with Crippen LogP contribution < -0.4 is 4.72 Å². The van der Waals surface area contributed by atoms with E-state index in [0.717, 1.165) is 12.8 Å². The minimum atomic E-state index is -3.74. The molecule has 0 aliphatic rings. The maximum atomic E-state index is 11.2. The summed E-state index contributed by atoms with van der Waals surface area (Å²) in [6, 6.07) is 0. The Kier molecular flexibility index (Phi) is 7.27. The normalized spacial score (nSPS) is 13.6. The molecule has 96 valence electrons. The molecule has 0 radical (unpaired) electrons. The fourth-order valence-electron chi connectivity index (χ4n) is 1.40. The number of aliphatic carboxylic acids is 1. The summed E-state index contributed by atoms with van der Waals surface area (Å²) in [6.45, 7) is 2.16. The number of aliphatic hydroxyl groups excluding tert-OH is 1. The lowest BCUT2D eigenvalue weighted by atomic mass is 10.0. The van der Waals surface area contributed by atoms with Gasteiger partial charge in [0.05, 0.1) is 0 Å². The maximum absolute atomic E-state index is 11.2. The van der Waals surface area contributed by atoms with Gasteiger partial charge >= 0.3 is 5.97 Å². The van der Waals surface area contributed by atoms with Gasteiger partial charge in [0.15, 0.2) is 5.75 Å². The molecule has 0 fully saturated rings. The average molecular weight is 253 g/mol. The Morgan fingerprint density at radius 3 is 2.44 bits per heavy atom. The smallest absolute Gasteiger partial charge is 0.320 e. The third-order valence-corrected chi connectivity index (χ3v) is 3.37. The monoisotopic (exact) mass is 253 g/mol. The van der Waals surface area contributed by atoms with Crippen LogP contribution in [0, 0.1) is 5.92 Å². The SMILES string of the molecule is CCCC(CCO)CNS(=O)(=O)CC(=O)O. The maximum Gasteiger partial charge on any atom is 0.320 e. The first kappa shape index (κ1) is 15.3. The van der Waals surface area contributed by atoms with Crippen molar-refractivity contribution in [3.8, 4) is 0 Å². The highest BCUT2D eigenvalue weighted by atomic mass is 32.2. The van der Waals surface area contributed by atoms with Gasteiger partial charge in [0.2, 0.25) is 10.0 Å². The van der Waals surface area contributed by atoms with Crippen LogP contribution in [0.5, 0.6) is 0 Å². The number of sulfonamides is 1. The quantitative estimate of drug-likeness (QED) is 0.527. The van der Waals surface area contributed by atoms with E-state index in [-0.39, 0.29) is 19.1 Å². The van der Waals surface area contributed by atoms with Gasteiger partial charge in [-0.1, -0.05) is 13.3 Å². The molecular weight excluding hydrogens is 234 g/mol. The van der Waals surface area contributed by atoms with E-state index >= 15 is 0 Å². The highest BCUT2D eigenvalue weighted by molar-refractivity contribution is 7.90. The van der Waals surface area contributed by atoms with Gasteiger partial charge in [-0.15, -0.1) is 0 Å². The second-order valence-electron chi connectivity index (χ2n) is 3.67. The minimum absolute atomic E-state index is 0.00528. The summed E-state index contributed by atoms with van der Waals surface area (Å²) < 4.78 is 24.6. The van der Waals surface area contributed by atoms with E-state index in [4.69, 9.17) is 10.2 Å². The third kappa shape index (κ3) is 7.61. The van der Waals surface area contributed by atoms with Crippen molar-refractivity contribution in [1.29, 1.82) is 0 Å². The summed E-state index contributed by atoms with van der Waals surface area (Å²) in [7, 11) is -3.74. The first-order valence-electron chi connectivity index (χ1n) is 5.21. The molecule has 0 heterocycles. The highest BCUT2D eigenvalue weighted by Crippen LogP contribution is 2.09. The van der Waals surface area contributed by atoms with Crippen molar-refractivity contribution >= 4 is 16.0 Å². The lowest BCUT2D eigenvalue weighted by Gasteiger charge is -2.15. The molecule has 16 heavy (non-hydrogen) atoms. The van der Waals surface area contributed by atoms with Crippen LogP contribution in [0.2, 0.25) is 0 Å². The molecule has 0 amide bonds. The number of rotatable bonds is 9. The standard InChI is InChI=1S/C9H19NO5S/c1-2-3-8(4-5-11)6-10-16(14,15)7-9(12)13/h8,10-11H,2-7H2,1H3,(H,12,13). The molecule has 0 saturated carbocycles. The number of hydrogen-bond acceptors (Lipinski definition) is 4. The Labute approximate surface area is 95.7 Å². The zero-order chi connectivity index (χ0) is 12.6. The van der Waals surface area contributed by atoms with Gasteiger partial charge in [-0.2, -0.15) is 0 Å². The molecule has 7 heteroatoms. The Balaban J connectivity index is 4.12. The van der Waals surface area contributed by atoms with E-state index in [1.807, 2.05) is 6.92 Å². The van der Waals surface area contributed by atoms with Gasteiger partial charge in [-0.3, -0.25) is 4.79 Å². The predicted molar refractivity (Wildman–Crippen MR) is 59.5 cm³/mol. The summed E-state index contributed by atoms with van der Waals surface area (Å²) in [5.74, 6) is -2.23. The van der Waals surface area contributed by atoms with Crippen molar-refractivity contribution in [3.63, 3.8) is 0 Å². The summed E-state index contributed by atoms with van der Waals surface area (Å²) in [6.07, 6.45) is 2.21. The minimum Gasteiger partial charge on any atom is -0.480 e. The lowest BCUT2D eigenvalue weighted by molar-refractivity contribution is -0.134. The predicted octanol–water partition coefficient (Wildman–Crippen LogP) is -0.211. The molecule has 0 aromatic rings. The highest BCUT2D eigenvalue weighted by Gasteiger charge is 2.17. The van der Waals surface area contributed by atoms with Crippen molar-refractivity contribution < 1.29 is 23.4 Å². The Hall–Kier alpha value is -0.660. The van der Waals surface area contributed by atoms with Crippen LogP contribution in [0.25, 0.3) is 0 Å². The number of nitrogens with one attached hydrogen (secondary N) is 1. The zero-order valence-electron chi connectivity index (χ0n) is 9.35. The number of hydrogen-bond donors (Lipinski definition) is 3. The van der Waals surface area contributed by atoms with Gasteiger partial charge < -0.3 is 10.2 Å². The van der Waals surface area contributed by atoms with Gasteiger partial charge in [0, 0.05) is 13.2 Å². The summed E-state index contributed by atoms with van der Waals surface area (Å²) in [5, 5.41) is 17.1. The summed E-state index contributed by atoms with van der Waals surface area (Å²) in [5.41, 5.74) is 0. The summed E-state index contributed by atoms with van der Waals surface area (Å²) >= 11 is 0. The summed E-state index contributed by atoms with van der Waals surface area (Å²) in [4.78, 5) is 10.3. The first-order chi connectivity index (χ1) is 7.41. The van der Waals surface area contributed by atoms with Gasteiger partial charge in [-0.25, -0.2) is 13.1 Å². The topological polar surface area (TPSA) is 104 Å². The largest absolute Gasteiger partial charge is 0.480 e. The number of carbonyl (C=O) groups is 1. The van der Waals surface area contributed by atoms with E-state index in [1.54, 1.807) is 0 Å². The van der Waals surface area contributed by atoms with Crippen LogP contribution in [-0.2, 0) is 14.8 Å². The van der Waals surface area contributed by atoms with Crippen molar-refractivity contribution in [2.45, 2.75) is 26.2 Å². The van der Waals surface area contributed by atoms with E-state index in [2.05, 4.69) is 4.72 Å². The van der Waals surface area contributed by atoms with Crippen LogP contribution >= 0.6 is 0 Å². The molecule has 0 aromatic carbocycles. The third-order valence-electron chi connectivity index (χ3n) is 2.14. The molecule has 0 aliphatic heterocycles. The van der Waals surface area contributed by atoms with Crippen LogP contribution in [0.3, 0.4) is 0 Å². The van der Waals surface area contributed by atoms with Crippen molar-refractivity contribution in [3.05, 3.63) is 0 Å². The molecule has 0 aromatic heterocycles. The van der Waals surface area contributed by atoms with Gasteiger partial charge in [0.25, 0.3) is 0 Å². The van der Waals surface area contributed by atoms with Crippen LogP contribution in [0.4, 0.5) is 0 Å². The average Bonchev–Trinajstić information content (AvgIpc) is 2.13. The molecule has 1 atom stereocenters. The Morgan fingerprint density at radius 1 is 1.38 bits per heavy atom. The van der Waals surface area contributed by atoms with Crippen LogP contribution in [-0.4, -0.2) is 43.5 Å². The molecule has 0 spiro atoms. The van der Waals surface area contributed by atoms with E-state index in [1.165, 1.54) is 0 Å². The number of carboxylic acids is 1. The van der Waals surface area contributed by atoms with Crippen molar-refractivity contribution in [2.75, 3.05) is 18.9 Å². The molecule has 6 nitrogen and oxygen atoms in total. The van der Waals surface area contributed by atoms with Crippen LogP contribution in [0.1, 0.15) is 26.2 Å². The van der Waals surface area contributed by atoms with E-state index in [0.29, 0.717) is 6.42 Å².